The summed E-state index contributed by atoms with van der Waals surface area (Å²) in [6.45, 7) is 12.6. The lowest BCUT2D eigenvalue weighted by atomic mass is 10.1. The van der Waals surface area contributed by atoms with Crippen molar-refractivity contribution in [1.82, 2.24) is 0 Å². The molecule has 0 aliphatic carbocycles. The van der Waals surface area contributed by atoms with Crippen LogP contribution in [0.25, 0.3) is 0 Å². The van der Waals surface area contributed by atoms with E-state index >= 15 is 0 Å². The van der Waals surface area contributed by atoms with Crippen LogP contribution in [0.1, 0.15) is 78.6 Å². The van der Waals surface area contributed by atoms with Gasteiger partial charge < -0.3 is 22.0 Å². The first-order valence-electron chi connectivity index (χ1n) is 8.70. The Balaban J connectivity index is 0. The monoisotopic (exact) mass is 307 g/mol. The molecule has 0 fully saturated rings. The molecule has 0 bridgehead atoms. The molecule has 0 atom stereocenters. The topological polar surface area (TPSA) is 20.2 Å². The Morgan fingerprint density at radius 1 is 0.600 bits per heavy atom. The molecule has 0 aromatic heterocycles. The second kappa shape index (κ2) is 15.6. The van der Waals surface area contributed by atoms with Crippen LogP contribution in [0.3, 0.4) is 0 Å². The number of aliphatic hydroxyl groups excluding tert-OH is 1. The highest BCUT2D eigenvalue weighted by Crippen LogP contribution is 2.17. The Bertz CT molecular complexity index is 168. The van der Waals surface area contributed by atoms with Crippen LogP contribution >= 0.6 is 0 Å². The van der Waals surface area contributed by atoms with Gasteiger partial charge >= 0.3 is 0 Å². The van der Waals surface area contributed by atoms with Crippen LogP contribution in [0.2, 0.25) is 0 Å². The van der Waals surface area contributed by atoms with Crippen LogP contribution < -0.4 is 12.4 Å². The smallest absolute Gasteiger partial charge is 0.0787 e. The van der Waals surface area contributed by atoms with Crippen molar-refractivity contribution in [2.24, 2.45) is 0 Å². The van der Waals surface area contributed by atoms with Crippen molar-refractivity contribution in [2.75, 3.05) is 32.8 Å². The minimum Gasteiger partial charge on any atom is -1.00 e. The maximum atomic E-state index is 9.02. The molecule has 0 unspecified atom stereocenters. The van der Waals surface area contributed by atoms with Gasteiger partial charge in [0.1, 0.15) is 0 Å². The summed E-state index contributed by atoms with van der Waals surface area (Å²) in [6.07, 6.45) is 11.6. The van der Waals surface area contributed by atoms with E-state index in [4.69, 9.17) is 5.11 Å². The lowest BCUT2D eigenvalue weighted by Gasteiger charge is -2.39. The molecule has 0 amide bonds. The van der Waals surface area contributed by atoms with Gasteiger partial charge in [-0.15, -0.1) is 0 Å². The van der Waals surface area contributed by atoms with Gasteiger partial charge in [0.2, 0.25) is 0 Å². The molecule has 0 aromatic rings. The van der Waals surface area contributed by atoms with Crippen LogP contribution in [-0.4, -0.2) is 42.4 Å². The highest BCUT2D eigenvalue weighted by molar-refractivity contribution is 4.50. The molecule has 0 spiro atoms. The van der Waals surface area contributed by atoms with Gasteiger partial charge in [0.05, 0.1) is 26.2 Å². The molecular weight excluding hydrogens is 270 g/mol. The SMILES string of the molecule is CCCCC[N+](CCCC)(CCCC)CCCCO.[Cl-]. The third kappa shape index (κ3) is 10.9. The molecule has 0 saturated carbocycles. The van der Waals surface area contributed by atoms with E-state index in [9.17, 15) is 0 Å². The van der Waals surface area contributed by atoms with E-state index in [1.807, 2.05) is 0 Å². The summed E-state index contributed by atoms with van der Waals surface area (Å²) in [5, 5.41) is 9.02. The quantitative estimate of drug-likeness (QED) is 0.380. The summed E-state index contributed by atoms with van der Waals surface area (Å²) in [4.78, 5) is 0. The zero-order valence-corrected chi connectivity index (χ0v) is 14.9. The number of halogens is 1. The van der Waals surface area contributed by atoms with E-state index in [2.05, 4.69) is 20.8 Å². The molecule has 0 saturated heterocycles. The predicted octanol–water partition coefficient (Wildman–Crippen LogP) is 1.37. The number of nitrogens with zero attached hydrogens (tertiary/aromatic N) is 1. The van der Waals surface area contributed by atoms with Crippen LogP contribution in [0, 0.1) is 0 Å². The predicted molar refractivity (Wildman–Crippen MR) is 85.4 cm³/mol. The summed E-state index contributed by atoms with van der Waals surface area (Å²) in [5.74, 6) is 0. The second-order valence-corrected chi connectivity index (χ2v) is 6.08. The standard InChI is InChI=1S/C17H38NO.ClH/c1-4-7-10-15-18(13-8-5-2,14-9-6-3)16-11-12-17-19;/h19H,4-17H2,1-3H3;1H/q+1;/p-1. The molecule has 0 aromatic carbocycles. The Morgan fingerprint density at radius 3 is 1.40 bits per heavy atom. The maximum absolute atomic E-state index is 9.02. The van der Waals surface area contributed by atoms with Gasteiger partial charge in [0.25, 0.3) is 0 Å². The number of rotatable bonds is 14. The van der Waals surface area contributed by atoms with Gasteiger partial charge in [-0.2, -0.15) is 0 Å². The van der Waals surface area contributed by atoms with Gasteiger partial charge in [0, 0.05) is 6.61 Å². The van der Waals surface area contributed by atoms with Crippen molar-refractivity contribution in [2.45, 2.75) is 78.6 Å². The van der Waals surface area contributed by atoms with Gasteiger partial charge in [-0.25, -0.2) is 0 Å². The zero-order valence-electron chi connectivity index (χ0n) is 14.2. The van der Waals surface area contributed by atoms with Gasteiger partial charge in [0.15, 0.2) is 0 Å². The third-order valence-electron chi connectivity index (χ3n) is 4.25. The molecule has 124 valence electrons. The highest BCUT2D eigenvalue weighted by Gasteiger charge is 2.25. The van der Waals surface area contributed by atoms with Gasteiger partial charge in [-0.1, -0.05) is 40.0 Å². The second-order valence-electron chi connectivity index (χ2n) is 6.08. The Kier molecular flexibility index (Phi) is 17.5. The van der Waals surface area contributed by atoms with E-state index in [0.717, 1.165) is 6.42 Å². The van der Waals surface area contributed by atoms with Crippen LogP contribution in [0.5, 0.6) is 0 Å². The number of hydrogen-bond acceptors (Lipinski definition) is 1. The first-order valence-corrected chi connectivity index (χ1v) is 8.70. The van der Waals surface area contributed by atoms with E-state index in [-0.39, 0.29) is 12.4 Å². The van der Waals surface area contributed by atoms with Crippen molar-refractivity contribution in [3.05, 3.63) is 0 Å². The molecular formula is C17H38ClNO. The van der Waals surface area contributed by atoms with Gasteiger partial charge in [-0.3, -0.25) is 0 Å². The molecule has 0 heterocycles. The molecule has 0 rings (SSSR count). The molecule has 0 aliphatic rings. The van der Waals surface area contributed by atoms with Crippen molar-refractivity contribution in [1.29, 1.82) is 0 Å². The number of aliphatic hydroxyl groups is 1. The minimum atomic E-state index is 0. The van der Waals surface area contributed by atoms with Crippen molar-refractivity contribution >= 4 is 0 Å². The van der Waals surface area contributed by atoms with Crippen molar-refractivity contribution in [3.8, 4) is 0 Å². The average Bonchev–Trinajstić information content (AvgIpc) is 2.43. The fourth-order valence-electron chi connectivity index (χ4n) is 2.91. The fraction of sp³-hybridized carbons (Fsp3) is 1.00. The highest BCUT2D eigenvalue weighted by atomic mass is 35.5. The number of hydrogen-bond donors (Lipinski definition) is 1. The van der Waals surface area contributed by atoms with Crippen molar-refractivity contribution in [3.63, 3.8) is 0 Å². The summed E-state index contributed by atoms with van der Waals surface area (Å²) in [7, 11) is 0. The Labute approximate surface area is 133 Å². The third-order valence-corrected chi connectivity index (χ3v) is 4.25. The number of unbranched alkanes of at least 4 members (excludes halogenated alkanes) is 5. The molecule has 0 radical (unpaired) electrons. The zero-order chi connectivity index (χ0) is 14.4. The molecule has 3 heteroatoms. The average molecular weight is 308 g/mol. The van der Waals surface area contributed by atoms with Crippen LogP contribution in [0.15, 0.2) is 0 Å². The maximum Gasteiger partial charge on any atom is 0.0787 e. The van der Waals surface area contributed by atoms with E-state index in [1.54, 1.807) is 0 Å². The lowest BCUT2D eigenvalue weighted by Crippen LogP contribution is -3.00. The van der Waals surface area contributed by atoms with Crippen LogP contribution in [0.4, 0.5) is 0 Å². The lowest BCUT2D eigenvalue weighted by molar-refractivity contribution is -0.929. The normalized spacial score (nSPS) is 11.4. The molecule has 0 aliphatic heterocycles. The number of quaternary nitrogens is 1. The molecule has 20 heavy (non-hydrogen) atoms. The Hall–Kier alpha value is 0.210. The first kappa shape index (κ1) is 22.5. The van der Waals surface area contributed by atoms with E-state index in [1.165, 1.54) is 82.0 Å². The summed E-state index contributed by atoms with van der Waals surface area (Å²) in [6, 6.07) is 0. The molecule has 2 nitrogen and oxygen atoms in total. The minimum absolute atomic E-state index is 0. The summed E-state index contributed by atoms with van der Waals surface area (Å²) >= 11 is 0. The summed E-state index contributed by atoms with van der Waals surface area (Å²) < 4.78 is 1.32. The first-order chi connectivity index (χ1) is 9.24. The van der Waals surface area contributed by atoms with Gasteiger partial charge in [-0.05, 0) is 38.5 Å². The van der Waals surface area contributed by atoms with Crippen LogP contribution in [-0.2, 0) is 0 Å². The Morgan fingerprint density at radius 2 is 1.00 bits per heavy atom. The molecule has 1 N–H and O–H groups in total. The summed E-state index contributed by atoms with van der Waals surface area (Å²) in [5.41, 5.74) is 0. The van der Waals surface area contributed by atoms with Crippen molar-refractivity contribution < 1.29 is 22.0 Å². The fourth-order valence-corrected chi connectivity index (χ4v) is 2.91. The van der Waals surface area contributed by atoms with E-state index < -0.39 is 0 Å². The largest absolute Gasteiger partial charge is 1.00 e. The van der Waals surface area contributed by atoms with E-state index in [0.29, 0.717) is 6.61 Å².